The number of nitrogens with one attached hydrogen (secondary N) is 1. The Morgan fingerprint density at radius 3 is 1.77 bits per heavy atom. The quantitative estimate of drug-likeness (QED) is 0.0735. The number of hydrogen-bond donors (Lipinski definition) is 3. The van der Waals surface area contributed by atoms with Gasteiger partial charge in [0.2, 0.25) is 6.41 Å². The molecule has 6 aromatic carbocycles. The minimum Gasteiger partial charge on any atom is -0.487 e. The molecule has 6 aromatic rings. The Kier molecular flexibility index (Phi) is 13.4. The molecule has 3 N–H and O–H groups in total. The summed E-state index contributed by atoms with van der Waals surface area (Å²) in [6, 6.07) is 54.3. The van der Waals surface area contributed by atoms with Crippen molar-refractivity contribution in [3.05, 3.63) is 197 Å². The third kappa shape index (κ3) is 11.1. The summed E-state index contributed by atoms with van der Waals surface area (Å²) in [5.41, 5.74) is 7.69. The molecule has 7 heteroatoms. The van der Waals surface area contributed by atoms with Crippen LogP contribution >= 0.6 is 0 Å². The summed E-state index contributed by atoms with van der Waals surface area (Å²) in [5, 5.41) is 25.4. The summed E-state index contributed by atoms with van der Waals surface area (Å²) < 4.78 is 6.02. The van der Waals surface area contributed by atoms with Crippen LogP contribution in [0, 0.1) is 0 Å². The van der Waals surface area contributed by atoms with Crippen LogP contribution in [0.1, 0.15) is 45.6 Å². The second kappa shape index (κ2) is 19.2. The second-order valence-electron chi connectivity index (χ2n) is 13.2. The largest absolute Gasteiger partial charge is 0.487 e. The third-order valence-electron chi connectivity index (χ3n) is 9.33. The Balaban J connectivity index is 1.14. The van der Waals surface area contributed by atoms with Crippen LogP contribution in [0.4, 0.5) is 11.4 Å². The SMILES string of the molecule is O=CNc1cc(C(O)CN(CCc2ccc(N(Cc3ccccc3)CC(O)c3ccccc3)cc2)Cc2ccccc2)ccc1OCc1ccccc1. The van der Waals surface area contributed by atoms with E-state index in [2.05, 4.69) is 63.6 Å². The summed E-state index contributed by atoms with van der Waals surface area (Å²) in [7, 11) is 0. The van der Waals surface area contributed by atoms with Crippen molar-refractivity contribution in [3.63, 3.8) is 0 Å². The van der Waals surface area contributed by atoms with Gasteiger partial charge in [0.15, 0.2) is 0 Å². The molecule has 0 aliphatic carbocycles. The van der Waals surface area contributed by atoms with Gasteiger partial charge in [-0.15, -0.1) is 0 Å². The first-order valence-electron chi connectivity index (χ1n) is 18.1. The van der Waals surface area contributed by atoms with Crippen LogP contribution in [-0.4, -0.2) is 41.2 Å². The molecule has 0 aliphatic rings. The van der Waals surface area contributed by atoms with Crippen molar-refractivity contribution in [1.82, 2.24) is 4.90 Å². The van der Waals surface area contributed by atoms with Crippen molar-refractivity contribution in [2.75, 3.05) is 29.9 Å². The lowest BCUT2D eigenvalue weighted by Crippen LogP contribution is -2.30. The molecular weight excluding hydrogens is 659 g/mol. The fourth-order valence-electron chi connectivity index (χ4n) is 6.43. The summed E-state index contributed by atoms with van der Waals surface area (Å²) in [6.45, 7) is 3.31. The van der Waals surface area contributed by atoms with Gasteiger partial charge in [0, 0.05) is 38.4 Å². The molecule has 1 amide bonds. The van der Waals surface area contributed by atoms with E-state index < -0.39 is 12.2 Å². The third-order valence-corrected chi connectivity index (χ3v) is 9.33. The topological polar surface area (TPSA) is 85.3 Å². The van der Waals surface area contributed by atoms with Crippen molar-refractivity contribution < 1.29 is 19.7 Å². The zero-order chi connectivity index (χ0) is 36.7. The van der Waals surface area contributed by atoms with Crippen molar-refractivity contribution in [3.8, 4) is 5.75 Å². The van der Waals surface area contributed by atoms with Crippen LogP contribution in [0.25, 0.3) is 0 Å². The number of ether oxygens (including phenoxy) is 1. The first-order valence-corrected chi connectivity index (χ1v) is 18.1. The van der Waals surface area contributed by atoms with Gasteiger partial charge in [0.05, 0.1) is 17.9 Å². The zero-order valence-electron chi connectivity index (χ0n) is 29.9. The molecule has 270 valence electrons. The number of carbonyl (C=O) groups is 1. The van der Waals surface area contributed by atoms with Crippen LogP contribution in [0.5, 0.6) is 5.75 Å². The summed E-state index contributed by atoms with van der Waals surface area (Å²) in [4.78, 5) is 16.0. The number of benzene rings is 6. The summed E-state index contributed by atoms with van der Waals surface area (Å²) in [6.07, 6.45) is -0.00449. The molecule has 0 aliphatic heterocycles. The summed E-state index contributed by atoms with van der Waals surface area (Å²) in [5.74, 6) is 0.540. The van der Waals surface area contributed by atoms with E-state index >= 15 is 0 Å². The molecule has 0 aromatic heterocycles. The summed E-state index contributed by atoms with van der Waals surface area (Å²) >= 11 is 0. The predicted molar refractivity (Wildman–Crippen MR) is 213 cm³/mol. The highest BCUT2D eigenvalue weighted by molar-refractivity contribution is 5.76. The van der Waals surface area contributed by atoms with Crippen molar-refractivity contribution in [2.24, 2.45) is 0 Å². The predicted octanol–water partition coefficient (Wildman–Crippen LogP) is 8.35. The van der Waals surface area contributed by atoms with E-state index in [-0.39, 0.29) is 0 Å². The molecule has 0 bridgehead atoms. The first kappa shape index (κ1) is 37.0. The Morgan fingerprint density at radius 2 is 1.15 bits per heavy atom. The number of aliphatic hydroxyl groups is 2. The average Bonchev–Trinajstić information content (AvgIpc) is 3.21. The minimum absolute atomic E-state index is 0.364. The van der Waals surface area contributed by atoms with Gasteiger partial charge in [0.25, 0.3) is 0 Å². The lowest BCUT2D eigenvalue weighted by atomic mass is 10.1. The molecular formula is C46H47N3O4. The van der Waals surface area contributed by atoms with Gasteiger partial charge in [0.1, 0.15) is 12.4 Å². The van der Waals surface area contributed by atoms with Crippen LogP contribution in [0.3, 0.4) is 0 Å². The second-order valence-corrected chi connectivity index (χ2v) is 13.2. The standard InChI is InChI=1S/C46H47N3O4/c50-35-47-43-29-41(23-26-46(43)53-34-39-17-9-3-10-18-39)44(51)32-48(30-37-13-5-1-6-14-37)28-27-36-21-24-42(25-22-36)49(31-38-15-7-2-8-16-38)33-45(52)40-19-11-4-12-20-40/h1-26,29,35,44-45,51-52H,27-28,30-34H2,(H,47,50). The maximum atomic E-state index is 11.5. The van der Waals surface area contributed by atoms with E-state index in [0.717, 1.165) is 35.3 Å². The number of hydrogen-bond acceptors (Lipinski definition) is 6. The number of amides is 1. The fourth-order valence-corrected chi connectivity index (χ4v) is 6.43. The van der Waals surface area contributed by atoms with Crippen LogP contribution in [0.15, 0.2) is 164 Å². The van der Waals surface area contributed by atoms with Gasteiger partial charge in [-0.05, 0) is 64.1 Å². The molecule has 0 radical (unpaired) electrons. The Morgan fingerprint density at radius 1 is 0.585 bits per heavy atom. The Bertz CT molecular complexity index is 1960. The molecule has 6 rings (SSSR count). The maximum Gasteiger partial charge on any atom is 0.211 e. The van der Waals surface area contributed by atoms with Crippen LogP contribution in [-0.2, 0) is 30.9 Å². The molecule has 0 saturated carbocycles. The fraction of sp³-hybridized carbons (Fsp3) is 0.196. The van der Waals surface area contributed by atoms with Crippen molar-refractivity contribution in [1.29, 1.82) is 0 Å². The van der Waals surface area contributed by atoms with Crippen LogP contribution < -0.4 is 15.0 Å². The van der Waals surface area contributed by atoms with Gasteiger partial charge in [-0.25, -0.2) is 0 Å². The number of carbonyl (C=O) groups excluding carboxylic acids is 1. The average molecular weight is 706 g/mol. The van der Waals surface area contributed by atoms with E-state index in [1.54, 1.807) is 12.1 Å². The highest BCUT2D eigenvalue weighted by Crippen LogP contribution is 2.30. The first-order chi connectivity index (χ1) is 26.0. The van der Waals surface area contributed by atoms with Gasteiger partial charge >= 0.3 is 0 Å². The number of aliphatic hydroxyl groups excluding tert-OH is 2. The number of rotatable bonds is 19. The Hall–Kier alpha value is -5.73. The van der Waals surface area contributed by atoms with E-state index in [0.29, 0.717) is 56.2 Å². The van der Waals surface area contributed by atoms with E-state index in [1.807, 2.05) is 103 Å². The van der Waals surface area contributed by atoms with Gasteiger partial charge < -0.3 is 25.2 Å². The molecule has 0 spiro atoms. The lowest BCUT2D eigenvalue weighted by Gasteiger charge is -2.28. The van der Waals surface area contributed by atoms with E-state index in [9.17, 15) is 15.0 Å². The minimum atomic E-state index is -0.793. The molecule has 0 fully saturated rings. The molecule has 0 saturated heterocycles. The van der Waals surface area contributed by atoms with Crippen molar-refractivity contribution >= 4 is 17.8 Å². The maximum absolute atomic E-state index is 11.5. The molecule has 0 heterocycles. The zero-order valence-corrected chi connectivity index (χ0v) is 29.9. The van der Waals surface area contributed by atoms with Gasteiger partial charge in [-0.3, -0.25) is 9.69 Å². The van der Waals surface area contributed by atoms with Gasteiger partial charge in [-0.1, -0.05) is 140 Å². The number of anilines is 2. The highest BCUT2D eigenvalue weighted by atomic mass is 16.5. The molecule has 2 atom stereocenters. The van der Waals surface area contributed by atoms with Crippen LogP contribution in [0.2, 0.25) is 0 Å². The van der Waals surface area contributed by atoms with E-state index in [4.69, 9.17) is 4.74 Å². The van der Waals surface area contributed by atoms with E-state index in [1.165, 1.54) is 11.1 Å². The van der Waals surface area contributed by atoms with Gasteiger partial charge in [-0.2, -0.15) is 0 Å². The smallest absolute Gasteiger partial charge is 0.211 e. The highest BCUT2D eigenvalue weighted by Gasteiger charge is 2.18. The molecule has 7 nitrogen and oxygen atoms in total. The Labute approximate surface area is 312 Å². The molecule has 53 heavy (non-hydrogen) atoms. The molecule has 2 unspecified atom stereocenters. The normalized spacial score (nSPS) is 12.2. The monoisotopic (exact) mass is 705 g/mol. The number of nitrogens with zero attached hydrogens (tertiary/aromatic N) is 2. The van der Waals surface area contributed by atoms with Crippen molar-refractivity contribution in [2.45, 2.75) is 38.3 Å². The lowest BCUT2D eigenvalue weighted by molar-refractivity contribution is -0.105.